The average Bonchev–Trinajstić information content (AvgIpc) is 2.85. The number of benzene rings is 1. The van der Waals surface area contributed by atoms with Crippen LogP contribution < -0.4 is 5.73 Å². The molecule has 0 unspecified atom stereocenters. The number of hydrogen-bond acceptors (Lipinski definition) is 1. The first-order chi connectivity index (χ1) is 6.20. The van der Waals surface area contributed by atoms with Gasteiger partial charge >= 0.3 is 0 Å². The summed E-state index contributed by atoms with van der Waals surface area (Å²) in [6.45, 7) is 0. The summed E-state index contributed by atoms with van der Waals surface area (Å²) >= 11 is 9.57. The average molecular weight is 261 g/mol. The summed E-state index contributed by atoms with van der Waals surface area (Å²) < 4.78 is 1.03. The number of halogens is 2. The van der Waals surface area contributed by atoms with Gasteiger partial charge in [-0.05, 0) is 30.9 Å². The van der Waals surface area contributed by atoms with Gasteiger partial charge in [0, 0.05) is 21.1 Å². The second kappa shape index (κ2) is 3.60. The Morgan fingerprint density at radius 1 is 1.46 bits per heavy atom. The molecule has 1 atom stereocenters. The van der Waals surface area contributed by atoms with Crippen LogP contribution in [0.4, 0.5) is 0 Å². The van der Waals surface area contributed by atoms with Crippen LogP contribution in [0.25, 0.3) is 0 Å². The third-order valence-corrected chi connectivity index (χ3v) is 3.48. The van der Waals surface area contributed by atoms with Gasteiger partial charge in [-0.2, -0.15) is 0 Å². The van der Waals surface area contributed by atoms with Crippen LogP contribution in [0.2, 0.25) is 5.02 Å². The summed E-state index contributed by atoms with van der Waals surface area (Å²) in [4.78, 5) is 0. The zero-order valence-electron chi connectivity index (χ0n) is 7.13. The minimum atomic E-state index is 0.100. The SMILES string of the molecule is N[C@@H](c1c(Cl)cccc1Br)C1CC1. The van der Waals surface area contributed by atoms with Crippen molar-refractivity contribution in [3.05, 3.63) is 33.3 Å². The van der Waals surface area contributed by atoms with Gasteiger partial charge in [0.05, 0.1) is 0 Å². The van der Waals surface area contributed by atoms with Gasteiger partial charge < -0.3 is 5.73 Å². The largest absolute Gasteiger partial charge is 0.324 e. The van der Waals surface area contributed by atoms with Crippen LogP contribution in [0.3, 0.4) is 0 Å². The van der Waals surface area contributed by atoms with Gasteiger partial charge in [0.1, 0.15) is 0 Å². The topological polar surface area (TPSA) is 26.0 Å². The van der Waals surface area contributed by atoms with E-state index in [1.807, 2.05) is 18.2 Å². The quantitative estimate of drug-likeness (QED) is 0.865. The molecule has 0 heterocycles. The minimum absolute atomic E-state index is 0.100. The zero-order chi connectivity index (χ0) is 9.42. The van der Waals surface area contributed by atoms with Crippen LogP contribution in [0.5, 0.6) is 0 Å². The molecule has 0 amide bonds. The van der Waals surface area contributed by atoms with Crippen molar-refractivity contribution in [3.8, 4) is 0 Å². The van der Waals surface area contributed by atoms with E-state index in [0.717, 1.165) is 15.1 Å². The molecule has 1 fully saturated rings. The van der Waals surface area contributed by atoms with E-state index >= 15 is 0 Å². The van der Waals surface area contributed by atoms with Crippen LogP contribution >= 0.6 is 27.5 Å². The molecular weight excluding hydrogens is 249 g/mol. The number of rotatable bonds is 2. The number of hydrogen-bond donors (Lipinski definition) is 1. The highest BCUT2D eigenvalue weighted by Gasteiger charge is 2.31. The lowest BCUT2D eigenvalue weighted by Gasteiger charge is -2.14. The van der Waals surface area contributed by atoms with Crippen molar-refractivity contribution in [2.24, 2.45) is 11.7 Å². The van der Waals surface area contributed by atoms with Crippen molar-refractivity contribution in [3.63, 3.8) is 0 Å². The molecule has 13 heavy (non-hydrogen) atoms. The van der Waals surface area contributed by atoms with E-state index in [1.54, 1.807) is 0 Å². The highest BCUT2D eigenvalue weighted by Crippen LogP contribution is 2.43. The van der Waals surface area contributed by atoms with Crippen LogP contribution in [0.15, 0.2) is 22.7 Å². The van der Waals surface area contributed by atoms with Crippen LogP contribution in [-0.4, -0.2) is 0 Å². The fraction of sp³-hybridized carbons (Fsp3) is 0.400. The van der Waals surface area contributed by atoms with Crippen molar-refractivity contribution < 1.29 is 0 Å². The van der Waals surface area contributed by atoms with E-state index in [4.69, 9.17) is 17.3 Å². The smallest absolute Gasteiger partial charge is 0.0465 e. The Hall–Kier alpha value is -0.0500. The predicted molar refractivity (Wildman–Crippen MR) is 58.8 cm³/mol. The van der Waals surface area contributed by atoms with Gasteiger partial charge in [-0.3, -0.25) is 0 Å². The van der Waals surface area contributed by atoms with E-state index < -0.39 is 0 Å². The first kappa shape index (κ1) is 9.50. The van der Waals surface area contributed by atoms with E-state index in [0.29, 0.717) is 5.92 Å². The zero-order valence-corrected chi connectivity index (χ0v) is 9.48. The standard InChI is InChI=1S/C10H11BrClN/c11-7-2-1-3-8(12)9(7)10(13)6-4-5-6/h1-3,6,10H,4-5,13H2/t10-/m1/s1. The molecule has 0 saturated heterocycles. The first-order valence-corrected chi connectivity index (χ1v) is 5.56. The van der Waals surface area contributed by atoms with Gasteiger partial charge in [-0.15, -0.1) is 0 Å². The Balaban J connectivity index is 2.36. The van der Waals surface area contributed by atoms with Crippen LogP contribution in [-0.2, 0) is 0 Å². The molecule has 1 aliphatic rings. The molecule has 70 valence electrons. The van der Waals surface area contributed by atoms with Crippen molar-refractivity contribution in [2.75, 3.05) is 0 Å². The monoisotopic (exact) mass is 259 g/mol. The van der Waals surface area contributed by atoms with E-state index in [2.05, 4.69) is 15.9 Å². The lowest BCUT2D eigenvalue weighted by atomic mass is 10.0. The molecule has 1 saturated carbocycles. The third kappa shape index (κ3) is 1.90. The maximum absolute atomic E-state index is 6.09. The molecule has 0 radical (unpaired) electrons. The Bertz CT molecular complexity index is 302. The Morgan fingerprint density at radius 2 is 2.15 bits per heavy atom. The van der Waals surface area contributed by atoms with Crippen LogP contribution in [0.1, 0.15) is 24.4 Å². The van der Waals surface area contributed by atoms with Gasteiger partial charge in [-0.1, -0.05) is 33.6 Å². The van der Waals surface area contributed by atoms with Gasteiger partial charge in [0.2, 0.25) is 0 Å². The summed E-state index contributed by atoms with van der Waals surface area (Å²) in [5.74, 6) is 0.635. The molecule has 1 aromatic carbocycles. The molecule has 2 N–H and O–H groups in total. The van der Waals surface area contributed by atoms with Gasteiger partial charge in [0.15, 0.2) is 0 Å². The molecule has 3 heteroatoms. The van der Waals surface area contributed by atoms with Crippen molar-refractivity contribution in [1.29, 1.82) is 0 Å². The van der Waals surface area contributed by atoms with Crippen LogP contribution in [0, 0.1) is 5.92 Å². The van der Waals surface area contributed by atoms with E-state index in [-0.39, 0.29) is 6.04 Å². The fourth-order valence-corrected chi connectivity index (χ4v) is 2.57. The Labute approximate surface area is 91.4 Å². The minimum Gasteiger partial charge on any atom is -0.324 e. The summed E-state index contributed by atoms with van der Waals surface area (Å²) in [6, 6.07) is 5.91. The highest BCUT2D eigenvalue weighted by atomic mass is 79.9. The van der Waals surface area contributed by atoms with Crippen molar-refractivity contribution in [1.82, 2.24) is 0 Å². The second-order valence-corrected chi connectivity index (χ2v) is 4.76. The van der Waals surface area contributed by atoms with E-state index in [1.165, 1.54) is 12.8 Å². The molecule has 0 aromatic heterocycles. The summed E-state index contributed by atoms with van der Waals surface area (Å²) in [5.41, 5.74) is 7.15. The second-order valence-electron chi connectivity index (χ2n) is 3.50. The Morgan fingerprint density at radius 3 is 2.69 bits per heavy atom. The summed E-state index contributed by atoms with van der Waals surface area (Å²) in [5, 5.41) is 0.772. The maximum Gasteiger partial charge on any atom is 0.0465 e. The highest BCUT2D eigenvalue weighted by molar-refractivity contribution is 9.10. The molecule has 1 nitrogen and oxygen atoms in total. The number of nitrogens with two attached hydrogens (primary N) is 1. The summed E-state index contributed by atoms with van der Waals surface area (Å²) in [6.07, 6.45) is 2.47. The van der Waals surface area contributed by atoms with Crippen molar-refractivity contribution >= 4 is 27.5 Å². The predicted octanol–water partition coefficient (Wildman–Crippen LogP) is 3.51. The molecule has 0 bridgehead atoms. The third-order valence-electron chi connectivity index (χ3n) is 2.46. The Kier molecular flexibility index (Phi) is 2.63. The lowest BCUT2D eigenvalue weighted by molar-refractivity contribution is 0.631. The van der Waals surface area contributed by atoms with Gasteiger partial charge in [0.25, 0.3) is 0 Å². The molecule has 1 aliphatic carbocycles. The van der Waals surface area contributed by atoms with Crippen molar-refractivity contribution in [2.45, 2.75) is 18.9 Å². The molecule has 1 aromatic rings. The fourth-order valence-electron chi connectivity index (χ4n) is 1.52. The first-order valence-electron chi connectivity index (χ1n) is 4.39. The lowest BCUT2D eigenvalue weighted by Crippen LogP contribution is -2.13. The maximum atomic E-state index is 6.09. The van der Waals surface area contributed by atoms with E-state index in [9.17, 15) is 0 Å². The summed E-state index contributed by atoms with van der Waals surface area (Å²) in [7, 11) is 0. The molecule has 2 rings (SSSR count). The molecular formula is C10H11BrClN. The molecule has 0 aliphatic heterocycles. The van der Waals surface area contributed by atoms with Gasteiger partial charge in [-0.25, -0.2) is 0 Å². The molecule has 0 spiro atoms. The normalized spacial score (nSPS) is 18.7.